The van der Waals surface area contributed by atoms with E-state index >= 15 is 0 Å². The first-order valence-corrected chi connectivity index (χ1v) is 6.34. The van der Waals surface area contributed by atoms with Crippen molar-refractivity contribution in [1.29, 1.82) is 0 Å². The van der Waals surface area contributed by atoms with Gasteiger partial charge in [0, 0.05) is 11.7 Å². The van der Waals surface area contributed by atoms with Gasteiger partial charge < -0.3 is 10.6 Å². The van der Waals surface area contributed by atoms with Gasteiger partial charge in [-0.05, 0) is 50.2 Å². The minimum Gasteiger partial charge on any atom is -0.354 e. The molecule has 0 aliphatic heterocycles. The lowest BCUT2D eigenvalue weighted by atomic mass is 10.2. The number of benzene rings is 1. The van der Waals surface area contributed by atoms with Gasteiger partial charge in [-0.15, -0.1) is 0 Å². The maximum atomic E-state index is 12.8. The lowest BCUT2D eigenvalue weighted by Gasteiger charge is -2.09. The lowest BCUT2D eigenvalue weighted by Crippen LogP contribution is -2.30. The molecule has 1 aromatic carbocycles. The van der Waals surface area contributed by atoms with E-state index in [9.17, 15) is 9.18 Å². The van der Waals surface area contributed by atoms with Crippen molar-refractivity contribution < 1.29 is 9.18 Å². The van der Waals surface area contributed by atoms with Crippen LogP contribution in [0, 0.1) is 5.82 Å². The van der Waals surface area contributed by atoms with Crippen LogP contribution in [0.15, 0.2) is 42.6 Å². The number of carbonyl (C=O) groups is 1. The molecule has 0 fully saturated rings. The number of halogens is 1. The molecule has 1 aromatic heterocycles. The summed E-state index contributed by atoms with van der Waals surface area (Å²) in [6.45, 7) is 3.78. The fraction of sp³-hybridized carbons (Fsp3) is 0.200. The van der Waals surface area contributed by atoms with E-state index in [0.717, 1.165) is 11.4 Å². The summed E-state index contributed by atoms with van der Waals surface area (Å²) < 4.78 is 12.8. The molecule has 4 nitrogen and oxygen atoms in total. The molecule has 0 bridgehead atoms. The molecule has 0 aliphatic carbocycles. The van der Waals surface area contributed by atoms with Crippen molar-refractivity contribution in [2.45, 2.75) is 19.9 Å². The van der Waals surface area contributed by atoms with Gasteiger partial charge in [0.2, 0.25) is 0 Å². The number of hydrogen-bond donors (Lipinski definition) is 2. The summed E-state index contributed by atoms with van der Waals surface area (Å²) >= 11 is 0. The summed E-state index contributed by atoms with van der Waals surface area (Å²) in [7, 11) is 0. The number of rotatable bonds is 4. The molecule has 2 rings (SSSR count). The Labute approximate surface area is 117 Å². The Balaban J connectivity index is 2.04. The summed E-state index contributed by atoms with van der Waals surface area (Å²) in [5, 5.41) is 5.85. The number of pyridine rings is 1. The second kappa shape index (κ2) is 6.14. The van der Waals surface area contributed by atoms with Crippen LogP contribution in [0.1, 0.15) is 24.3 Å². The van der Waals surface area contributed by atoms with Crippen LogP contribution >= 0.6 is 0 Å². The first-order chi connectivity index (χ1) is 9.54. The van der Waals surface area contributed by atoms with E-state index in [2.05, 4.69) is 15.6 Å². The predicted octanol–water partition coefficient (Wildman–Crippen LogP) is 3.10. The van der Waals surface area contributed by atoms with Crippen LogP contribution in [0.2, 0.25) is 0 Å². The number of hydrogen-bond acceptors (Lipinski definition) is 3. The smallest absolute Gasteiger partial charge is 0.270 e. The summed E-state index contributed by atoms with van der Waals surface area (Å²) in [5.74, 6) is -0.484. The lowest BCUT2D eigenvalue weighted by molar-refractivity contribution is 0.0938. The third kappa shape index (κ3) is 3.78. The molecule has 1 heterocycles. The highest BCUT2D eigenvalue weighted by molar-refractivity contribution is 5.92. The highest BCUT2D eigenvalue weighted by Crippen LogP contribution is 2.16. The summed E-state index contributed by atoms with van der Waals surface area (Å²) in [4.78, 5) is 15.8. The first-order valence-electron chi connectivity index (χ1n) is 6.34. The van der Waals surface area contributed by atoms with Gasteiger partial charge in [-0.3, -0.25) is 4.79 Å². The Morgan fingerprint density at radius 3 is 2.30 bits per heavy atom. The quantitative estimate of drug-likeness (QED) is 0.900. The normalized spacial score (nSPS) is 10.4. The van der Waals surface area contributed by atoms with Gasteiger partial charge in [0.05, 0.1) is 11.9 Å². The average Bonchev–Trinajstić information content (AvgIpc) is 2.41. The van der Waals surface area contributed by atoms with Crippen molar-refractivity contribution >= 4 is 17.3 Å². The minimum absolute atomic E-state index is 0.0707. The zero-order valence-electron chi connectivity index (χ0n) is 11.4. The molecule has 0 unspecified atom stereocenters. The fourth-order valence-electron chi connectivity index (χ4n) is 1.64. The Morgan fingerprint density at radius 2 is 1.75 bits per heavy atom. The van der Waals surface area contributed by atoms with Crippen molar-refractivity contribution in [1.82, 2.24) is 10.3 Å². The second-order valence-corrected chi connectivity index (χ2v) is 4.69. The second-order valence-electron chi connectivity index (χ2n) is 4.69. The van der Waals surface area contributed by atoms with Crippen LogP contribution in [-0.2, 0) is 0 Å². The van der Waals surface area contributed by atoms with Gasteiger partial charge in [-0.1, -0.05) is 0 Å². The van der Waals surface area contributed by atoms with E-state index in [1.807, 2.05) is 13.8 Å². The van der Waals surface area contributed by atoms with Crippen molar-refractivity contribution in [2.24, 2.45) is 0 Å². The van der Waals surface area contributed by atoms with Crippen LogP contribution in [0.4, 0.5) is 15.8 Å². The van der Waals surface area contributed by atoms with Crippen molar-refractivity contribution in [2.75, 3.05) is 5.32 Å². The fourth-order valence-corrected chi connectivity index (χ4v) is 1.64. The van der Waals surface area contributed by atoms with Gasteiger partial charge in [-0.25, -0.2) is 9.37 Å². The average molecular weight is 273 g/mol. The molecule has 2 aromatic rings. The van der Waals surface area contributed by atoms with Crippen LogP contribution in [0.5, 0.6) is 0 Å². The Hall–Kier alpha value is -2.43. The number of nitrogens with zero attached hydrogens (tertiary/aromatic N) is 1. The van der Waals surface area contributed by atoms with Gasteiger partial charge in [0.25, 0.3) is 5.91 Å². The third-order valence-electron chi connectivity index (χ3n) is 2.55. The summed E-state index contributed by atoms with van der Waals surface area (Å²) in [6, 6.07) is 9.49. The minimum atomic E-state index is -0.283. The van der Waals surface area contributed by atoms with E-state index in [-0.39, 0.29) is 17.8 Å². The topological polar surface area (TPSA) is 54.0 Å². The van der Waals surface area contributed by atoms with Crippen LogP contribution < -0.4 is 10.6 Å². The van der Waals surface area contributed by atoms with Crippen molar-refractivity contribution in [3.63, 3.8) is 0 Å². The van der Waals surface area contributed by atoms with E-state index in [1.54, 1.807) is 30.5 Å². The molecule has 5 heteroatoms. The number of nitrogens with one attached hydrogen (secondary N) is 2. The number of aromatic nitrogens is 1. The first kappa shape index (κ1) is 14.0. The highest BCUT2D eigenvalue weighted by Gasteiger charge is 2.08. The Morgan fingerprint density at radius 1 is 1.10 bits per heavy atom. The molecule has 0 radical (unpaired) electrons. The molecule has 0 saturated carbocycles. The maximum absolute atomic E-state index is 12.8. The number of carbonyl (C=O) groups excluding carboxylic acids is 1. The van der Waals surface area contributed by atoms with Gasteiger partial charge >= 0.3 is 0 Å². The van der Waals surface area contributed by atoms with E-state index in [0.29, 0.717) is 5.69 Å². The molecule has 104 valence electrons. The van der Waals surface area contributed by atoms with E-state index < -0.39 is 0 Å². The van der Waals surface area contributed by atoms with Gasteiger partial charge in [0.15, 0.2) is 0 Å². The molecule has 0 atom stereocenters. The van der Waals surface area contributed by atoms with E-state index in [1.165, 1.54) is 12.1 Å². The molecule has 1 amide bonds. The third-order valence-corrected chi connectivity index (χ3v) is 2.55. The standard InChI is InChI=1S/C15H16FN3O/c1-10(2)18-15(20)14-8-7-13(9-17-14)19-12-5-3-11(16)4-6-12/h3-10,19H,1-2H3,(H,18,20). The van der Waals surface area contributed by atoms with E-state index in [4.69, 9.17) is 0 Å². The largest absolute Gasteiger partial charge is 0.354 e. The van der Waals surface area contributed by atoms with Crippen molar-refractivity contribution in [3.05, 3.63) is 54.1 Å². The molecular weight excluding hydrogens is 257 g/mol. The highest BCUT2D eigenvalue weighted by atomic mass is 19.1. The summed E-state index contributed by atoms with van der Waals surface area (Å²) in [6.07, 6.45) is 1.57. The van der Waals surface area contributed by atoms with Crippen LogP contribution in [0.3, 0.4) is 0 Å². The predicted molar refractivity (Wildman–Crippen MR) is 76.5 cm³/mol. The monoisotopic (exact) mass is 273 g/mol. The molecule has 2 N–H and O–H groups in total. The number of anilines is 2. The maximum Gasteiger partial charge on any atom is 0.270 e. The van der Waals surface area contributed by atoms with Crippen molar-refractivity contribution in [3.8, 4) is 0 Å². The molecule has 0 aliphatic rings. The Bertz CT molecular complexity index is 579. The molecule has 0 spiro atoms. The zero-order chi connectivity index (χ0) is 14.5. The molecule has 0 saturated heterocycles. The molecule has 20 heavy (non-hydrogen) atoms. The van der Waals surface area contributed by atoms with Crippen LogP contribution in [0.25, 0.3) is 0 Å². The zero-order valence-corrected chi connectivity index (χ0v) is 11.4. The molecular formula is C15H16FN3O. The van der Waals surface area contributed by atoms with Gasteiger partial charge in [-0.2, -0.15) is 0 Å². The summed E-state index contributed by atoms with van der Waals surface area (Å²) in [5.41, 5.74) is 1.86. The number of amides is 1. The van der Waals surface area contributed by atoms with Gasteiger partial charge in [0.1, 0.15) is 11.5 Å². The SMILES string of the molecule is CC(C)NC(=O)c1ccc(Nc2ccc(F)cc2)cn1. The Kier molecular flexibility index (Phi) is 4.30. The van der Waals surface area contributed by atoms with Crippen LogP contribution in [-0.4, -0.2) is 16.9 Å².